The molecule has 0 spiro atoms. The number of rotatable bonds is 3. The molecule has 2 aromatic rings. The van der Waals surface area contributed by atoms with Gasteiger partial charge in [-0.3, -0.25) is 9.69 Å². The Kier molecular flexibility index (Phi) is 5.07. The molecular formula is C19H22ClN3O. The average molecular weight is 344 g/mol. The monoisotopic (exact) mass is 343 g/mol. The minimum Gasteiger partial charge on any atom is -0.399 e. The van der Waals surface area contributed by atoms with Crippen molar-refractivity contribution >= 4 is 23.2 Å². The predicted molar refractivity (Wildman–Crippen MR) is 98.2 cm³/mol. The molecule has 24 heavy (non-hydrogen) atoms. The highest BCUT2D eigenvalue weighted by atomic mass is 35.5. The van der Waals surface area contributed by atoms with Crippen molar-refractivity contribution in [3.63, 3.8) is 0 Å². The molecule has 1 fully saturated rings. The van der Waals surface area contributed by atoms with Crippen LogP contribution in [0.3, 0.4) is 0 Å². The molecule has 2 aromatic carbocycles. The van der Waals surface area contributed by atoms with Gasteiger partial charge in [0.2, 0.25) is 0 Å². The molecule has 0 aromatic heterocycles. The van der Waals surface area contributed by atoms with Gasteiger partial charge < -0.3 is 10.6 Å². The van der Waals surface area contributed by atoms with Gasteiger partial charge in [0.1, 0.15) is 0 Å². The number of nitrogens with zero attached hydrogens (tertiary/aromatic N) is 2. The van der Waals surface area contributed by atoms with E-state index in [-0.39, 0.29) is 5.91 Å². The first kappa shape index (κ1) is 16.8. The fraction of sp³-hybridized carbons (Fsp3) is 0.316. The van der Waals surface area contributed by atoms with E-state index in [9.17, 15) is 4.79 Å². The maximum atomic E-state index is 12.7. The summed E-state index contributed by atoms with van der Waals surface area (Å²) < 4.78 is 0. The van der Waals surface area contributed by atoms with E-state index in [0.29, 0.717) is 35.4 Å². The van der Waals surface area contributed by atoms with E-state index in [1.54, 1.807) is 18.2 Å². The number of nitrogen functional groups attached to an aromatic ring is 1. The van der Waals surface area contributed by atoms with Crippen molar-refractivity contribution in [3.8, 4) is 0 Å². The van der Waals surface area contributed by atoms with Gasteiger partial charge in [-0.25, -0.2) is 0 Å². The zero-order valence-electron chi connectivity index (χ0n) is 13.8. The molecule has 0 radical (unpaired) electrons. The van der Waals surface area contributed by atoms with Gasteiger partial charge in [0, 0.05) is 37.9 Å². The van der Waals surface area contributed by atoms with Crippen molar-refractivity contribution in [3.05, 3.63) is 64.7 Å². The normalized spacial score (nSPS) is 16.8. The van der Waals surface area contributed by atoms with Gasteiger partial charge in [-0.05, 0) is 30.7 Å². The van der Waals surface area contributed by atoms with Gasteiger partial charge in [0.15, 0.2) is 0 Å². The van der Waals surface area contributed by atoms with Gasteiger partial charge >= 0.3 is 0 Å². The molecule has 126 valence electrons. The number of amides is 1. The number of anilines is 1. The van der Waals surface area contributed by atoms with Gasteiger partial charge in [-0.15, -0.1) is 0 Å². The summed E-state index contributed by atoms with van der Waals surface area (Å²) in [6.45, 7) is 5.33. The molecule has 5 heteroatoms. The number of hydrogen-bond acceptors (Lipinski definition) is 3. The first-order valence-corrected chi connectivity index (χ1v) is 8.57. The number of hydrogen-bond donors (Lipinski definition) is 1. The van der Waals surface area contributed by atoms with E-state index in [1.165, 1.54) is 5.56 Å². The first-order chi connectivity index (χ1) is 11.6. The molecule has 0 saturated carbocycles. The number of benzene rings is 2. The summed E-state index contributed by atoms with van der Waals surface area (Å²) in [7, 11) is 0. The Hall–Kier alpha value is -2.04. The molecule has 1 amide bonds. The molecule has 0 aliphatic carbocycles. The summed E-state index contributed by atoms with van der Waals surface area (Å²) in [6, 6.07) is 15.9. The van der Waals surface area contributed by atoms with Crippen LogP contribution in [-0.4, -0.2) is 41.9 Å². The summed E-state index contributed by atoms with van der Waals surface area (Å²) in [5.41, 5.74) is 8.09. The molecule has 1 atom stereocenters. The van der Waals surface area contributed by atoms with E-state index in [0.717, 1.165) is 13.1 Å². The van der Waals surface area contributed by atoms with Gasteiger partial charge in [0.05, 0.1) is 10.6 Å². The highest BCUT2D eigenvalue weighted by molar-refractivity contribution is 6.34. The SMILES string of the molecule is CC(c1ccccc1)N1CCN(C(=O)c2ccc(N)cc2Cl)CC1. The van der Waals surface area contributed by atoms with Crippen molar-refractivity contribution < 1.29 is 4.79 Å². The van der Waals surface area contributed by atoms with Crippen LogP contribution in [0.25, 0.3) is 0 Å². The summed E-state index contributed by atoms with van der Waals surface area (Å²) in [5.74, 6) is -0.0213. The van der Waals surface area contributed by atoms with Crippen molar-refractivity contribution in [2.24, 2.45) is 0 Å². The Balaban J connectivity index is 1.63. The van der Waals surface area contributed by atoms with Crippen LogP contribution in [-0.2, 0) is 0 Å². The molecule has 1 aliphatic rings. The maximum absolute atomic E-state index is 12.7. The summed E-state index contributed by atoms with van der Waals surface area (Å²) in [5, 5.41) is 0.417. The molecule has 1 aliphatic heterocycles. The minimum atomic E-state index is -0.0213. The zero-order valence-corrected chi connectivity index (χ0v) is 14.5. The molecular weight excluding hydrogens is 322 g/mol. The highest BCUT2D eigenvalue weighted by Crippen LogP contribution is 2.24. The van der Waals surface area contributed by atoms with Crippen LogP contribution in [0.15, 0.2) is 48.5 Å². The average Bonchev–Trinajstić information content (AvgIpc) is 2.61. The number of carbonyl (C=O) groups excluding carboxylic acids is 1. The molecule has 0 bridgehead atoms. The maximum Gasteiger partial charge on any atom is 0.255 e. The van der Waals surface area contributed by atoms with Crippen LogP contribution < -0.4 is 5.73 Å². The number of nitrogens with two attached hydrogens (primary N) is 1. The lowest BCUT2D eigenvalue weighted by atomic mass is 10.1. The van der Waals surface area contributed by atoms with E-state index in [1.807, 2.05) is 11.0 Å². The van der Waals surface area contributed by atoms with Crippen LogP contribution in [0.4, 0.5) is 5.69 Å². The summed E-state index contributed by atoms with van der Waals surface area (Å²) in [6.07, 6.45) is 0. The Morgan fingerprint density at radius 2 is 1.75 bits per heavy atom. The zero-order chi connectivity index (χ0) is 17.1. The predicted octanol–water partition coefficient (Wildman–Crippen LogP) is 3.44. The molecule has 2 N–H and O–H groups in total. The second kappa shape index (κ2) is 7.24. The second-order valence-electron chi connectivity index (χ2n) is 6.15. The first-order valence-electron chi connectivity index (χ1n) is 8.19. The van der Waals surface area contributed by atoms with Gasteiger partial charge in [0.25, 0.3) is 5.91 Å². The van der Waals surface area contributed by atoms with E-state index < -0.39 is 0 Å². The Labute approximate surface area is 147 Å². The standard InChI is InChI=1S/C19H22ClN3O/c1-14(15-5-3-2-4-6-15)22-9-11-23(12-10-22)19(24)17-8-7-16(21)13-18(17)20/h2-8,13-14H,9-12,21H2,1H3. The molecule has 4 nitrogen and oxygen atoms in total. The lowest BCUT2D eigenvalue weighted by Crippen LogP contribution is -2.49. The Morgan fingerprint density at radius 3 is 2.38 bits per heavy atom. The molecule has 1 saturated heterocycles. The van der Waals surface area contributed by atoms with Gasteiger partial charge in [-0.1, -0.05) is 41.9 Å². The number of piperazine rings is 1. The van der Waals surface area contributed by atoms with Crippen LogP contribution in [0.5, 0.6) is 0 Å². The van der Waals surface area contributed by atoms with Crippen LogP contribution in [0.1, 0.15) is 28.9 Å². The molecule has 3 rings (SSSR count). The van der Waals surface area contributed by atoms with Crippen LogP contribution in [0, 0.1) is 0 Å². The smallest absolute Gasteiger partial charge is 0.255 e. The Morgan fingerprint density at radius 1 is 1.08 bits per heavy atom. The molecule has 1 unspecified atom stereocenters. The highest BCUT2D eigenvalue weighted by Gasteiger charge is 2.26. The van der Waals surface area contributed by atoms with E-state index >= 15 is 0 Å². The topological polar surface area (TPSA) is 49.6 Å². The van der Waals surface area contributed by atoms with Gasteiger partial charge in [-0.2, -0.15) is 0 Å². The van der Waals surface area contributed by atoms with Crippen molar-refractivity contribution in [1.29, 1.82) is 0 Å². The fourth-order valence-electron chi connectivity index (χ4n) is 3.13. The van der Waals surface area contributed by atoms with Crippen LogP contribution >= 0.6 is 11.6 Å². The third-order valence-corrected chi connectivity index (χ3v) is 4.97. The molecule has 1 heterocycles. The van der Waals surface area contributed by atoms with E-state index in [2.05, 4.69) is 36.1 Å². The van der Waals surface area contributed by atoms with Crippen molar-refractivity contribution in [2.75, 3.05) is 31.9 Å². The fourth-order valence-corrected chi connectivity index (χ4v) is 3.40. The minimum absolute atomic E-state index is 0.0213. The van der Waals surface area contributed by atoms with Crippen molar-refractivity contribution in [2.45, 2.75) is 13.0 Å². The summed E-state index contributed by atoms with van der Waals surface area (Å²) in [4.78, 5) is 16.9. The van der Waals surface area contributed by atoms with E-state index in [4.69, 9.17) is 17.3 Å². The lowest BCUT2D eigenvalue weighted by Gasteiger charge is -2.38. The Bertz CT molecular complexity index is 712. The number of carbonyl (C=O) groups is 1. The van der Waals surface area contributed by atoms with Crippen molar-refractivity contribution in [1.82, 2.24) is 9.80 Å². The largest absolute Gasteiger partial charge is 0.399 e. The second-order valence-corrected chi connectivity index (χ2v) is 6.56. The summed E-state index contributed by atoms with van der Waals surface area (Å²) >= 11 is 6.16. The van der Waals surface area contributed by atoms with Crippen LogP contribution in [0.2, 0.25) is 5.02 Å². The number of halogens is 1. The third kappa shape index (κ3) is 3.55. The third-order valence-electron chi connectivity index (χ3n) is 4.65. The quantitative estimate of drug-likeness (QED) is 0.868. The lowest BCUT2D eigenvalue weighted by molar-refractivity contribution is 0.0582.